The Labute approximate surface area is 205 Å². The molecule has 0 spiro atoms. The third kappa shape index (κ3) is 5.91. The molecular formula is C28H32N2O5. The molecule has 0 heterocycles. The molecule has 0 aliphatic heterocycles. The molecule has 1 saturated carbocycles. The predicted octanol–water partition coefficient (Wildman–Crippen LogP) is 4.48. The fourth-order valence-corrected chi connectivity index (χ4v) is 5.13. The van der Waals surface area contributed by atoms with Gasteiger partial charge in [-0.3, -0.25) is 4.79 Å². The van der Waals surface area contributed by atoms with E-state index in [1.165, 1.54) is 35.3 Å². The number of rotatable bonds is 8. The second-order valence-corrected chi connectivity index (χ2v) is 9.37. The van der Waals surface area contributed by atoms with Crippen molar-refractivity contribution < 1.29 is 24.2 Å². The van der Waals surface area contributed by atoms with Gasteiger partial charge in [-0.15, -0.1) is 0 Å². The average Bonchev–Trinajstić information content (AvgIpc) is 3.20. The van der Waals surface area contributed by atoms with Crippen LogP contribution in [0.2, 0.25) is 0 Å². The van der Waals surface area contributed by atoms with Crippen LogP contribution in [0, 0.1) is 11.8 Å². The number of hydrogen-bond acceptors (Lipinski definition) is 4. The number of carboxylic acids is 1. The molecule has 3 N–H and O–H groups in total. The Morgan fingerprint density at radius 1 is 1.00 bits per heavy atom. The minimum absolute atomic E-state index is 0.0229. The van der Waals surface area contributed by atoms with Crippen LogP contribution in [0.5, 0.6) is 0 Å². The minimum Gasteiger partial charge on any atom is -0.478 e. The van der Waals surface area contributed by atoms with Gasteiger partial charge in [-0.2, -0.15) is 0 Å². The zero-order chi connectivity index (χ0) is 24.8. The minimum atomic E-state index is -0.990. The molecule has 4 rings (SSSR count). The summed E-state index contributed by atoms with van der Waals surface area (Å²) in [6.45, 7) is 2.45. The molecule has 2 aromatic carbocycles. The number of amides is 2. The maximum atomic E-state index is 12.5. The van der Waals surface area contributed by atoms with E-state index >= 15 is 0 Å². The number of carboxylic acid groups (broad SMARTS) is 1. The van der Waals surface area contributed by atoms with E-state index in [2.05, 4.69) is 34.9 Å². The van der Waals surface area contributed by atoms with Crippen LogP contribution < -0.4 is 10.6 Å². The monoisotopic (exact) mass is 476 g/mol. The third-order valence-electron chi connectivity index (χ3n) is 7.05. The molecule has 0 aromatic heterocycles. The topological polar surface area (TPSA) is 105 Å². The summed E-state index contributed by atoms with van der Waals surface area (Å²) in [5, 5.41) is 14.6. The normalized spacial score (nSPS) is 19.4. The SMILES string of the molecule is C/C(=C\CNC(=O)C1CCCC(CNC(=O)OCC2c3ccccc3-c3ccccc32)C1)C(=O)O. The summed E-state index contributed by atoms with van der Waals surface area (Å²) in [6.07, 6.45) is 4.42. The van der Waals surface area contributed by atoms with Crippen LogP contribution in [0.25, 0.3) is 11.1 Å². The number of carbonyl (C=O) groups excluding carboxylic acids is 2. The van der Waals surface area contributed by atoms with Crippen LogP contribution in [-0.2, 0) is 14.3 Å². The highest BCUT2D eigenvalue weighted by Crippen LogP contribution is 2.44. The Kier molecular flexibility index (Phi) is 7.85. The number of benzene rings is 2. The van der Waals surface area contributed by atoms with Crippen LogP contribution in [-0.4, -0.2) is 42.8 Å². The van der Waals surface area contributed by atoms with E-state index in [1.54, 1.807) is 0 Å². The van der Waals surface area contributed by atoms with E-state index in [0.29, 0.717) is 13.0 Å². The summed E-state index contributed by atoms with van der Waals surface area (Å²) in [4.78, 5) is 35.8. The highest BCUT2D eigenvalue weighted by molar-refractivity contribution is 5.86. The molecule has 0 radical (unpaired) electrons. The molecule has 2 unspecified atom stereocenters. The van der Waals surface area contributed by atoms with Crippen molar-refractivity contribution in [2.45, 2.75) is 38.5 Å². The average molecular weight is 477 g/mol. The zero-order valence-electron chi connectivity index (χ0n) is 20.0. The highest BCUT2D eigenvalue weighted by Gasteiger charge is 2.30. The molecule has 2 aliphatic rings. The van der Waals surface area contributed by atoms with E-state index < -0.39 is 12.1 Å². The number of alkyl carbamates (subject to hydrolysis) is 1. The molecule has 2 amide bonds. The third-order valence-corrected chi connectivity index (χ3v) is 7.05. The Bertz CT molecular complexity index is 1080. The van der Waals surface area contributed by atoms with Crippen molar-refractivity contribution in [3.63, 3.8) is 0 Å². The van der Waals surface area contributed by atoms with E-state index in [-0.39, 0.29) is 42.4 Å². The highest BCUT2D eigenvalue weighted by atomic mass is 16.5. The van der Waals surface area contributed by atoms with Gasteiger partial charge in [0.1, 0.15) is 6.61 Å². The van der Waals surface area contributed by atoms with E-state index in [9.17, 15) is 14.4 Å². The molecule has 184 valence electrons. The van der Waals surface area contributed by atoms with Crippen molar-refractivity contribution in [1.82, 2.24) is 10.6 Å². The van der Waals surface area contributed by atoms with Crippen molar-refractivity contribution >= 4 is 18.0 Å². The number of hydrogen-bond donors (Lipinski definition) is 3. The first-order chi connectivity index (χ1) is 16.9. The van der Waals surface area contributed by atoms with Gasteiger partial charge in [-0.05, 0) is 54.4 Å². The first-order valence-corrected chi connectivity index (χ1v) is 12.2. The Hall–Kier alpha value is -3.61. The van der Waals surface area contributed by atoms with Crippen LogP contribution in [0.15, 0.2) is 60.2 Å². The summed E-state index contributed by atoms with van der Waals surface area (Å²) in [5.74, 6) is -0.954. The van der Waals surface area contributed by atoms with Crippen molar-refractivity contribution in [3.05, 3.63) is 71.3 Å². The van der Waals surface area contributed by atoms with Gasteiger partial charge in [0.25, 0.3) is 0 Å². The van der Waals surface area contributed by atoms with Crippen molar-refractivity contribution in [1.29, 1.82) is 0 Å². The molecule has 35 heavy (non-hydrogen) atoms. The summed E-state index contributed by atoms with van der Waals surface area (Å²) in [6, 6.07) is 16.5. The lowest BCUT2D eigenvalue weighted by molar-refractivity contribution is -0.132. The number of nitrogens with one attached hydrogen (secondary N) is 2. The summed E-state index contributed by atoms with van der Waals surface area (Å²) in [5.41, 5.74) is 4.95. The maximum Gasteiger partial charge on any atom is 0.407 e. The van der Waals surface area contributed by atoms with Gasteiger partial charge in [-0.25, -0.2) is 9.59 Å². The lowest BCUT2D eigenvalue weighted by atomic mass is 9.81. The van der Waals surface area contributed by atoms with Crippen molar-refractivity contribution in [2.24, 2.45) is 11.8 Å². The van der Waals surface area contributed by atoms with E-state index in [4.69, 9.17) is 9.84 Å². The van der Waals surface area contributed by atoms with Gasteiger partial charge >= 0.3 is 12.1 Å². The molecule has 0 saturated heterocycles. The molecule has 7 nitrogen and oxygen atoms in total. The van der Waals surface area contributed by atoms with Crippen LogP contribution >= 0.6 is 0 Å². The van der Waals surface area contributed by atoms with Gasteiger partial charge in [0, 0.05) is 30.5 Å². The summed E-state index contributed by atoms with van der Waals surface area (Å²) in [7, 11) is 0. The fourth-order valence-electron chi connectivity index (χ4n) is 5.13. The number of ether oxygens (including phenoxy) is 1. The number of carbonyl (C=O) groups is 3. The van der Waals surface area contributed by atoms with E-state index in [0.717, 1.165) is 19.3 Å². The largest absolute Gasteiger partial charge is 0.478 e. The second kappa shape index (κ2) is 11.2. The smallest absolute Gasteiger partial charge is 0.407 e. The maximum absolute atomic E-state index is 12.5. The lowest BCUT2D eigenvalue weighted by Gasteiger charge is -2.28. The summed E-state index contributed by atoms with van der Waals surface area (Å²) < 4.78 is 5.62. The quantitative estimate of drug-likeness (QED) is 0.488. The Morgan fingerprint density at radius 2 is 1.66 bits per heavy atom. The standard InChI is InChI=1S/C28H32N2O5/c1-18(27(32)33)13-14-29-26(31)20-8-6-7-19(15-20)16-30-28(34)35-17-25-23-11-4-2-9-21(23)22-10-3-5-12-24(22)25/h2-5,9-13,19-20,25H,6-8,14-17H2,1H3,(H,29,31)(H,30,34)(H,32,33)/b18-13+. The van der Waals surface area contributed by atoms with Gasteiger partial charge < -0.3 is 20.5 Å². The molecule has 2 aliphatic carbocycles. The van der Waals surface area contributed by atoms with Gasteiger partial charge in [0.15, 0.2) is 0 Å². The fraction of sp³-hybridized carbons (Fsp3) is 0.393. The molecule has 2 atom stereocenters. The van der Waals surface area contributed by atoms with Crippen LogP contribution in [0.1, 0.15) is 49.7 Å². The lowest BCUT2D eigenvalue weighted by Crippen LogP contribution is -2.37. The van der Waals surface area contributed by atoms with Crippen molar-refractivity contribution in [3.8, 4) is 11.1 Å². The zero-order valence-corrected chi connectivity index (χ0v) is 20.0. The Balaban J connectivity index is 1.24. The predicted molar refractivity (Wildman–Crippen MR) is 133 cm³/mol. The van der Waals surface area contributed by atoms with Gasteiger partial charge in [0.05, 0.1) is 0 Å². The first kappa shape index (κ1) is 24.5. The molecule has 2 aromatic rings. The first-order valence-electron chi connectivity index (χ1n) is 12.2. The van der Waals surface area contributed by atoms with E-state index in [1.807, 2.05) is 24.3 Å². The van der Waals surface area contributed by atoms with Gasteiger partial charge in [0.2, 0.25) is 5.91 Å². The molecule has 1 fully saturated rings. The molecule has 0 bridgehead atoms. The molecule has 7 heteroatoms. The number of fused-ring (bicyclic) bond motifs is 3. The van der Waals surface area contributed by atoms with Crippen molar-refractivity contribution in [2.75, 3.05) is 19.7 Å². The number of aliphatic carboxylic acids is 1. The van der Waals surface area contributed by atoms with Crippen LogP contribution in [0.4, 0.5) is 4.79 Å². The molecular weight excluding hydrogens is 444 g/mol. The van der Waals surface area contributed by atoms with Crippen LogP contribution in [0.3, 0.4) is 0 Å². The Morgan fingerprint density at radius 3 is 2.31 bits per heavy atom. The second-order valence-electron chi connectivity index (χ2n) is 9.37. The summed E-state index contributed by atoms with van der Waals surface area (Å²) >= 11 is 0. The van der Waals surface area contributed by atoms with Gasteiger partial charge in [-0.1, -0.05) is 61.0 Å².